The number of benzene rings is 1. The third kappa shape index (κ3) is 7.83. The molecule has 2 aliphatic rings. The average molecular weight is 596 g/mol. The first-order valence-corrected chi connectivity index (χ1v) is 15.7. The van der Waals surface area contributed by atoms with Gasteiger partial charge in [-0.3, -0.25) is 19.7 Å². The van der Waals surface area contributed by atoms with E-state index in [9.17, 15) is 4.39 Å². The topological polar surface area (TPSA) is 55.9 Å². The second-order valence-electron chi connectivity index (χ2n) is 10.7. The summed E-state index contributed by atoms with van der Waals surface area (Å²) < 4.78 is 26.0. The van der Waals surface area contributed by atoms with Crippen LogP contribution >= 0.6 is 11.3 Å². The summed E-state index contributed by atoms with van der Waals surface area (Å²) >= 11 is 1.76. The molecule has 0 spiro atoms. The number of rotatable bonds is 15. The highest BCUT2D eigenvalue weighted by atomic mass is 32.1. The van der Waals surface area contributed by atoms with E-state index in [2.05, 4.69) is 78.8 Å². The molecule has 1 aromatic carbocycles. The highest BCUT2D eigenvalue weighted by Crippen LogP contribution is 2.37. The van der Waals surface area contributed by atoms with Gasteiger partial charge in [0.1, 0.15) is 5.82 Å². The molecule has 7 nitrogen and oxygen atoms in total. The number of halogens is 1. The van der Waals surface area contributed by atoms with Gasteiger partial charge in [-0.1, -0.05) is 37.3 Å². The number of thiophene rings is 1. The summed E-state index contributed by atoms with van der Waals surface area (Å²) in [6.45, 7) is 16.3. The van der Waals surface area contributed by atoms with E-state index in [1.165, 1.54) is 22.1 Å². The quantitative estimate of drug-likeness (QED) is 0.192. The average Bonchev–Trinajstić information content (AvgIpc) is 3.68. The van der Waals surface area contributed by atoms with Crippen molar-refractivity contribution in [3.05, 3.63) is 81.8 Å². The standard InChI is InChI=1S/C33H46FN5O2S/c1-8-14-25-23(5)30(42-28(25)15-9-2)31(40-11-4)35-24-18-19-29(38(7)22-24)39(10-3)21-20-37(6)33-32(41-33)36-27-17-13-12-16-26(27)34/h8-9,12-13,15-19,29,31-33,36H,1,10-11,14,20-22H2,2-7H3. The lowest BCUT2D eigenvalue weighted by Crippen LogP contribution is -2.51. The second-order valence-corrected chi connectivity index (χ2v) is 11.8. The van der Waals surface area contributed by atoms with Gasteiger partial charge >= 0.3 is 0 Å². The minimum atomic E-state index is -0.326. The number of ether oxygens (including phenoxy) is 2. The Morgan fingerprint density at radius 1 is 1.31 bits per heavy atom. The molecule has 0 amide bonds. The van der Waals surface area contributed by atoms with Gasteiger partial charge in [0.05, 0.1) is 22.4 Å². The van der Waals surface area contributed by atoms with Crippen molar-refractivity contribution in [2.75, 3.05) is 52.2 Å². The first-order chi connectivity index (χ1) is 20.3. The van der Waals surface area contributed by atoms with E-state index in [0.717, 1.165) is 43.2 Å². The molecule has 1 fully saturated rings. The number of hydrogen-bond donors (Lipinski definition) is 1. The van der Waals surface area contributed by atoms with E-state index in [-0.39, 0.29) is 30.7 Å². The Morgan fingerprint density at radius 2 is 2.10 bits per heavy atom. The Balaban J connectivity index is 1.39. The van der Waals surface area contributed by atoms with Gasteiger partial charge in [0, 0.05) is 31.1 Å². The van der Waals surface area contributed by atoms with Crippen molar-refractivity contribution in [3.8, 4) is 0 Å². The van der Waals surface area contributed by atoms with Gasteiger partial charge in [0.15, 0.2) is 18.7 Å². The van der Waals surface area contributed by atoms with Gasteiger partial charge in [0.25, 0.3) is 0 Å². The van der Waals surface area contributed by atoms with E-state index < -0.39 is 0 Å². The highest BCUT2D eigenvalue weighted by Gasteiger charge is 2.42. The normalized spacial score (nSPS) is 22.5. The first-order valence-electron chi connectivity index (χ1n) is 14.8. The Labute approximate surface area is 255 Å². The zero-order valence-corrected chi connectivity index (χ0v) is 26.7. The number of para-hydroxylation sites is 1. The number of aliphatic imine (C=N–C) groups is 1. The van der Waals surface area contributed by atoms with Crippen LogP contribution in [0.25, 0.3) is 6.08 Å². The van der Waals surface area contributed by atoms with E-state index in [1.807, 2.05) is 26.0 Å². The molecule has 2 aromatic rings. The monoisotopic (exact) mass is 595 g/mol. The number of allylic oxidation sites excluding steroid dienone is 2. The number of hydrogen-bond acceptors (Lipinski definition) is 8. The largest absolute Gasteiger partial charge is 0.354 e. The van der Waals surface area contributed by atoms with E-state index >= 15 is 0 Å². The third-order valence-corrected chi connectivity index (χ3v) is 9.09. The molecule has 9 heteroatoms. The number of anilines is 1. The molecule has 4 rings (SSSR count). The van der Waals surface area contributed by atoms with Crippen molar-refractivity contribution in [3.63, 3.8) is 0 Å². The summed E-state index contributed by atoms with van der Waals surface area (Å²) in [5, 5.41) is 3.15. The van der Waals surface area contributed by atoms with Crippen LogP contribution in [0, 0.1) is 12.7 Å². The van der Waals surface area contributed by atoms with E-state index in [4.69, 9.17) is 14.5 Å². The predicted molar refractivity (Wildman–Crippen MR) is 174 cm³/mol. The van der Waals surface area contributed by atoms with Gasteiger partial charge in [-0.05, 0) is 83.2 Å². The summed E-state index contributed by atoms with van der Waals surface area (Å²) in [7, 11) is 4.20. The van der Waals surface area contributed by atoms with Crippen LogP contribution in [0.15, 0.2) is 60.1 Å². The van der Waals surface area contributed by atoms with Crippen molar-refractivity contribution < 1.29 is 13.9 Å². The summed E-state index contributed by atoms with van der Waals surface area (Å²) in [6.07, 6.45) is 11.0. The lowest BCUT2D eigenvalue weighted by Gasteiger charge is -2.38. The minimum absolute atomic E-state index is 0.0711. The molecule has 0 saturated carbocycles. The summed E-state index contributed by atoms with van der Waals surface area (Å²) in [6, 6.07) is 6.69. The third-order valence-electron chi connectivity index (χ3n) is 7.76. The fourth-order valence-corrected chi connectivity index (χ4v) is 6.69. The van der Waals surface area contributed by atoms with Crippen molar-refractivity contribution in [1.29, 1.82) is 0 Å². The molecular weight excluding hydrogens is 549 g/mol. The predicted octanol–water partition coefficient (Wildman–Crippen LogP) is 6.31. The van der Waals surface area contributed by atoms with Crippen molar-refractivity contribution in [2.45, 2.75) is 59.0 Å². The smallest absolute Gasteiger partial charge is 0.183 e. The van der Waals surface area contributed by atoms with Gasteiger partial charge in [-0.25, -0.2) is 4.39 Å². The maximum Gasteiger partial charge on any atom is 0.183 e. The molecule has 228 valence electrons. The molecule has 0 radical (unpaired) electrons. The van der Waals surface area contributed by atoms with Crippen molar-refractivity contribution in [2.24, 2.45) is 4.99 Å². The van der Waals surface area contributed by atoms with Crippen LogP contribution in [-0.4, -0.2) is 85.9 Å². The Morgan fingerprint density at radius 3 is 2.76 bits per heavy atom. The maximum atomic E-state index is 14.0. The van der Waals surface area contributed by atoms with Crippen LogP contribution < -0.4 is 5.32 Å². The number of nitrogens with one attached hydrogen (secondary N) is 1. The number of likely N-dealkylation sites (N-methyl/N-ethyl adjacent to an activating group) is 3. The van der Waals surface area contributed by atoms with Crippen LogP contribution in [0.1, 0.15) is 47.9 Å². The molecular formula is C33H46FN5O2S. The van der Waals surface area contributed by atoms with Gasteiger partial charge in [-0.15, -0.1) is 17.9 Å². The van der Waals surface area contributed by atoms with Crippen LogP contribution in [0.2, 0.25) is 0 Å². The molecule has 1 aromatic heterocycles. The van der Waals surface area contributed by atoms with Gasteiger partial charge in [0.2, 0.25) is 0 Å². The second kappa shape index (κ2) is 15.2. The molecule has 2 aliphatic heterocycles. The molecule has 4 atom stereocenters. The highest BCUT2D eigenvalue weighted by molar-refractivity contribution is 7.13. The lowest BCUT2D eigenvalue weighted by atomic mass is 10.1. The number of epoxide rings is 1. The fraction of sp³-hybridized carbons (Fsp3) is 0.485. The maximum absolute atomic E-state index is 14.0. The molecule has 0 aliphatic carbocycles. The Hall–Kier alpha value is -2.66. The molecule has 1 N–H and O–H groups in total. The molecule has 42 heavy (non-hydrogen) atoms. The van der Waals surface area contributed by atoms with Crippen LogP contribution in [-0.2, 0) is 15.9 Å². The SMILES string of the molecule is C=CCc1c(C=CC)sc(C(N=C2C=CC(N(CC)CCN(C)C3OC3Nc3ccccc3F)N(C)C2)OCC)c1C. The molecule has 1 saturated heterocycles. The van der Waals surface area contributed by atoms with Crippen molar-refractivity contribution in [1.82, 2.24) is 14.7 Å². The zero-order valence-electron chi connectivity index (χ0n) is 25.8. The van der Waals surface area contributed by atoms with Gasteiger partial charge in [-0.2, -0.15) is 0 Å². The van der Waals surface area contributed by atoms with E-state index in [0.29, 0.717) is 12.3 Å². The molecule has 3 heterocycles. The first kappa shape index (κ1) is 32.3. The molecule has 0 bridgehead atoms. The van der Waals surface area contributed by atoms with Crippen LogP contribution in [0.3, 0.4) is 0 Å². The zero-order chi connectivity index (χ0) is 30.2. The lowest BCUT2D eigenvalue weighted by molar-refractivity contribution is 0.0698. The van der Waals surface area contributed by atoms with Crippen LogP contribution in [0.4, 0.5) is 10.1 Å². The minimum Gasteiger partial charge on any atom is -0.354 e. The molecule has 4 unspecified atom stereocenters. The number of nitrogens with zero attached hydrogens (tertiary/aromatic N) is 4. The fourth-order valence-electron chi connectivity index (χ4n) is 5.39. The summed E-state index contributed by atoms with van der Waals surface area (Å²) in [4.78, 5) is 14.5. The Bertz CT molecular complexity index is 1290. The van der Waals surface area contributed by atoms with Gasteiger partial charge < -0.3 is 14.8 Å². The van der Waals surface area contributed by atoms with E-state index in [1.54, 1.807) is 23.5 Å². The summed E-state index contributed by atoms with van der Waals surface area (Å²) in [5.74, 6) is -0.268. The van der Waals surface area contributed by atoms with Crippen molar-refractivity contribution >= 4 is 28.8 Å². The summed E-state index contributed by atoms with van der Waals surface area (Å²) in [5.41, 5.74) is 4.03. The Kier molecular flexibility index (Phi) is 11.7. The van der Waals surface area contributed by atoms with Crippen LogP contribution in [0.5, 0.6) is 0 Å².